The van der Waals surface area contributed by atoms with Crippen molar-refractivity contribution in [2.75, 3.05) is 19.6 Å². The second kappa shape index (κ2) is 3.94. The van der Waals surface area contributed by atoms with E-state index >= 15 is 0 Å². The zero-order chi connectivity index (χ0) is 10.1. The Morgan fingerprint density at radius 2 is 2.00 bits per heavy atom. The van der Waals surface area contributed by atoms with Gasteiger partial charge in [-0.1, -0.05) is 6.92 Å². The van der Waals surface area contributed by atoms with E-state index in [-0.39, 0.29) is 11.3 Å². The van der Waals surface area contributed by atoms with Crippen LogP contribution in [0.15, 0.2) is 0 Å². The van der Waals surface area contributed by atoms with E-state index in [9.17, 15) is 8.42 Å². The number of likely N-dealkylation sites (N-methyl/N-ethyl adjacent to an activating group) is 1. The van der Waals surface area contributed by atoms with Gasteiger partial charge in [0.15, 0.2) is 0 Å². The van der Waals surface area contributed by atoms with E-state index in [4.69, 9.17) is 0 Å². The molecule has 1 aliphatic heterocycles. The van der Waals surface area contributed by atoms with Crippen molar-refractivity contribution in [3.05, 3.63) is 0 Å². The summed E-state index contributed by atoms with van der Waals surface area (Å²) in [7, 11) is -3.06. The maximum atomic E-state index is 11.8. The number of rotatable bonds is 4. The Hall–Kier alpha value is -0.130. The van der Waals surface area contributed by atoms with Crippen molar-refractivity contribution in [1.82, 2.24) is 9.62 Å². The van der Waals surface area contributed by atoms with E-state index in [1.165, 1.54) is 0 Å². The number of hydrogen-bond acceptors (Lipinski definition) is 3. The topological polar surface area (TPSA) is 49.4 Å². The van der Waals surface area contributed by atoms with E-state index in [2.05, 4.69) is 5.32 Å². The van der Waals surface area contributed by atoms with Crippen LogP contribution in [0.25, 0.3) is 0 Å². The first-order valence-corrected chi connectivity index (χ1v) is 6.21. The number of nitrogens with one attached hydrogen (secondary N) is 1. The van der Waals surface area contributed by atoms with Crippen molar-refractivity contribution >= 4 is 10.0 Å². The molecule has 0 atom stereocenters. The first kappa shape index (κ1) is 10.9. The van der Waals surface area contributed by atoms with E-state index in [0.29, 0.717) is 6.54 Å². The second-order valence-electron chi connectivity index (χ2n) is 3.61. The molecule has 1 fully saturated rings. The molecule has 78 valence electrons. The molecule has 1 heterocycles. The van der Waals surface area contributed by atoms with Gasteiger partial charge in [-0.05, 0) is 13.8 Å². The standard InChI is InChI=1S/C8H18N2O2S/c1-4-10(8-5-9-6-8)13(11,12)7(2)3/h7-9H,4-6H2,1-3H3. The molecule has 1 N–H and O–H groups in total. The van der Waals surface area contributed by atoms with Gasteiger partial charge in [0.1, 0.15) is 0 Å². The smallest absolute Gasteiger partial charge is 0.216 e. The lowest BCUT2D eigenvalue weighted by Crippen LogP contribution is -2.59. The van der Waals surface area contributed by atoms with Crippen LogP contribution in [0.2, 0.25) is 0 Å². The van der Waals surface area contributed by atoms with E-state index < -0.39 is 10.0 Å². The molecule has 1 rings (SSSR count). The summed E-state index contributed by atoms with van der Waals surface area (Å²) in [6, 6.07) is 0.178. The zero-order valence-corrected chi connectivity index (χ0v) is 9.26. The fourth-order valence-electron chi connectivity index (χ4n) is 1.39. The monoisotopic (exact) mass is 206 g/mol. The van der Waals surface area contributed by atoms with Crippen LogP contribution in [-0.2, 0) is 10.0 Å². The summed E-state index contributed by atoms with van der Waals surface area (Å²) in [6.07, 6.45) is 0. The number of nitrogens with zero attached hydrogens (tertiary/aromatic N) is 1. The molecule has 0 bridgehead atoms. The Morgan fingerprint density at radius 1 is 1.46 bits per heavy atom. The van der Waals surface area contributed by atoms with E-state index in [1.807, 2.05) is 6.92 Å². The van der Waals surface area contributed by atoms with Crippen LogP contribution in [0.3, 0.4) is 0 Å². The van der Waals surface area contributed by atoms with Gasteiger partial charge in [0.25, 0.3) is 0 Å². The molecule has 4 nitrogen and oxygen atoms in total. The average molecular weight is 206 g/mol. The molecule has 0 saturated carbocycles. The zero-order valence-electron chi connectivity index (χ0n) is 8.45. The minimum absolute atomic E-state index is 0.178. The van der Waals surface area contributed by atoms with Gasteiger partial charge in [0.2, 0.25) is 10.0 Å². The predicted octanol–water partition coefficient (Wildman–Crippen LogP) is 0.0183. The lowest BCUT2D eigenvalue weighted by Gasteiger charge is -2.37. The first-order valence-electron chi connectivity index (χ1n) is 4.71. The van der Waals surface area contributed by atoms with E-state index in [0.717, 1.165) is 13.1 Å². The average Bonchev–Trinajstić information content (AvgIpc) is 1.95. The lowest BCUT2D eigenvalue weighted by molar-refractivity contribution is 0.248. The molecule has 13 heavy (non-hydrogen) atoms. The van der Waals surface area contributed by atoms with Crippen LogP contribution in [0.5, 0.6) is 0 Å². The molecule has 5 heteroatoms. The quantitative estimate of drug-likeness (QED) is 0.705. The molecule has 1 aliphatic rings. The highest BCUT2D eigenvalue weighted by molar-refractivity contribution is 7.89. The molecule has 0 amide bonds. The maximum Gasteiger partial charge on any atom is 0.216 e. The largest absolute Gasteiger partial charge is 0.313 e. The van der Waals surface area contributed by atoms with E-state index in [1.54, 1.807) is 18.2 Å². The van der Waals surface area contributed by atoms with Gasteiger partial charge in [-0.25, -0.2) is 8.42 Å². The van der Waals surface area contributed by atoms with Gasteiger partial charge in [-0.15, -0.1) is 0 Å². The third kappa shape index (κ3) is 2.03. The molecule has 1 saturated heterocycles. The highest BCUT2D eigenvalue weighted by Gasteiger charge is 2.33. The summed E-state index contributed by atoms with van der Waals surface area (Å²) >= 11 is 0. The molecular formula is C8H18N2O2S. The summed E-state index contributed by atoms with van der Waals surface area (Å²) in [5.41, 5.74) is 0. The number of hydrogen-bond donors (Lipinski definition) is 1. The van der Waals surface area contributed by atoms with Crippen molar-refractivity contribution < 1.29 is 8.42 Å². The van der Waals surface area contributed by atoms with Crippen molar-refractivity contribution in [2.45, 2.75) is 32.1 Å². The van der Waals surface area contributed by atoms with Crippen molar-refractivity contribution in [3.8, 4) is 0 Å². The summed E-state index contributed by atoms with van der Waals surface area (Å²) in [6.45, 7) is 7.50. The Balaban J connectivity index is 2.75. The van der Waals surface area contributed by atoms with Gasteiger partial charge in [-0.3, -0.25) is 0 Å². The summed E-state index contributed by atoms with van der Waals surface area (Å²) in [5, 5.41) is 2.77. The van der Waals surface area contributed by atoms with Crippen molar-refractivity contribution in [2.24, 2.45) is 0 Å². The Labute approximate surface area is 80.4 Å². The molecule has 0 aliphatic carbocycles. The molecular weight excluding hydrogens is 188 g/mol. The van der Waals surface area contributed by atoms with Gasteiger partial charge in [0, 0.05) is 25.7 Å². The first-order chi connectivity index (χ1) is 6.00. The minimum Gasteiger partial charge on any atom is -0.313 e. The lowest BCUT2D eigenvalue weighted by atomic mass is 10.2. The fraction of sp³-hybridized carbons (Fsp3) is 1.00. The third-order valence-electron chi connectivity index (χ3n) is 2.40. The number of sulfonamides is 1. The van der Waals surface area contributed by atoms with Crippen LogP contribution in [-0.4, -0.2) is 43.6 Å². The highest BCUT2D eigenvalue weighted by Crippen LogP contribution is 2.14. The minimum atomic E-state index is -3.06. The Kier molecular flexibility index (Phi) is 3.32. The summed E-state index contributed by atoms with van der Waals surface area (Å²) in [5.74, 6) is 0. The van der Waals surface area contributed by atoms with Crippen LogP contribution in [0, 0.1) is 0 Å². The van der Waals surface area contributed by atoms with Gasteiger partial charge in [-0.2, -0.15) is 4.31 Å². The molecule has 0 unspecified atom stereocenters. The predicted molar refractivity (Wildman–Crippen MR) is 53.1 cm³/mol. The molecule has 0 aromatic rings. The molecule has 0 spiro atoms. The van der Waals surface area contributed by atoms with Crippen LogP contribution >= 0.6 is 0 Å². The summed E-state index contributed by atoms with van der Waals surface area (Å²) in [4.78, 5) is 0. The second-order valence-corrected chi connectivity index (χ2v) is 6.05. The Bertz CT molecular complexity index is 257. The van der Waals surface area contributed by atoms with Crippen LogP contribution in [0.4, 0.5) is 0 Å². The highest BCUT2D eigenvalue weighted by atomic mass is 32.2. The molecule has 0 aromatic carbocycles. The van der Waals surface area contributed by atoms with Gasteiger partial charge < -0.3 is 5.32 Å². The SMILES string of the molecule is CCN(C1CNC1)S(=O)(=O)C(C)C. The van der Waals surface area contributed by atoms with Gasteiger partial charge >= 0.3 is 0 Å². The summed E-state index contributed by atoms with van der Waals surface area (Å²) < 4.78 is 25.2. The third-order valence-corrected chi connectivity index (χ3v) is 4.80. The normalized spacial score (nSPS) is 19.5. The Morgan fingerprint density at radius 3 is 2.23 bits per heavy atom. The van der Waals surface area contributed by atoms with Gasteiger partial charge in [0.05, 0.1) is 5.25 Å². The van der Waals surface area contributed by atoms with Crippen molar-refractivity contribution in [1.29, 1.82) is 0 Å². The molecule has 0 aromatic heterocycles. The molecule has 0 radical (unpaired) electrons. The maximum absolute atomic E-state index is 11.8. The fourth-order valence-corrected chi connectivity index (χ4v) is 2.86. The van der Waals surface area contributed by atoms with Crippen LogP contribution < -0.4 is 5.32 Å². The van der Waals surface area contributed by atoms with Crippen molar-refractivity contribution in [3.63, 3.8) is 0 Å². The van der Waals surface area contributed by atoms with Crippen LogP contribution in [0.1, 0.15) is 20.8 Å².